The molecule has 1 heterocycles. The van der Waals surface area contributed by atoms with Crippen LogP contribution in [-0.2, 0) is 5.75 Å². The molecule has 4 nitrogen and oxygen atoms in total. The average molecular weight is 304 g/mol. The average Bonchev–Trinajstić information content (AvgIpc) is 2.96. The Hall–Kier alpha value is -1.33. The van der Waals surface area contributed by atoms with E-state index in [-0.39, 0.29) is 6.10 Å². The zero-order valence-electron chi connectivity index (χ0n) is 12.2. The Morgan fingerprint density at radius 1 is 1.24 bits per heavy atom. The minimum atomic E-state index is -0.153. The lowest BCUT2D eigenvalue weighted by atomic mass is 9.87. The predicted molar refractivity (Wildman–Crippen MR) is 82.3 cm³/mol. The molecule has 5 heteroatoms. The van der Waals surface area contributed by atoms with Gasteiger partial charge in [0.05, 0.1) is 11.9 Å². The largest absolute Gasteiger partial charge is 0.393 e. The van der Waals surface area contributed by atoms with Crippen LogP contribution in [0.4, 0.5) is 0 Å². The van der Waals surface area contributed by atoms with Gasteiger partial charge in [0.2, 0.25) is 5.89 Å². The van der Waals surface area contributed by atoms with Crippen molar-refractivity contribution in [2.75, 3.05) is 0 Å². The predicted octanol–water partition coefficient (Wildman–Crippen LogP) is 3.69. The highest BCUT2D eigenvalue weighted by Crippen LogP contribution is 2.32. The van der Waals surface area contributed by atoms with Crippen molar-refractivity contribution >= 4 is 11.8 Å². The van der Waals surface area contributed by atoms with Gasteiger partial charge in [0, 0.05) is 10.8 Å². The molecule has 2 aromatic rings. The van der Waals surface area contributed by atoms with E-state index in [1.165, 1.54) is 10.5 Å². The molecule has 1 aromatic heterocycles. The highest BCUT2D eigenvalue weighted by molar-refractivity contribution is 7.98. The van der Waals surface area contributed by atoms with Crippen LogP contribution in [0.25, 0.3) is 0 Å². The first kappa shape index (κ1) is 14.6. The van der Waals surface area contributed by atoms with Crippen molar-refractivity contribution in [2.24, 2.45) is 0 Å². The van der Waals surface area contributed by atoms with E-state index in [0.717, 1.165) is 43.2 Å². The second-order valence-corrected chi connectivity index (χ2v) is 6.63. The molecule has 1 saturated carbocycles. The van der Waals surface area contributed by atoms with Gasteiger partial charge in [-0.25, -0.2) is 0 Å². The van der Waals surface area contributed by atoms with E-state index in [4.69, 9.17) is 4.52 Å². The quantitative estimate of drug-likeness (QED) is 0.873. The Balaban J connectivity index is 1.59. The zero-order valence-corrected chi connectivity index (χ0v) is 13.0. The van der Waals surface area contributed by atoms with Crippen molar-refractivity contribution in [2.45, 2.75) is 55.3 Å². The maximum absolute atomic E-state index is 9.55. The van der Waals surface area contributed by atoms with Gasteiger partial charge in [-0.15, -0.1) is 11.8 Å². The van der Waals surface area contributed by atoms with Gasteiger partial charge in [-0.2, -0.15) is 4.98 Å². The van der Waals surface area contributed by atoms with E-state index < -0.39 is 0 Å². The van der Waals surface area contributed by atoms with Crippen molar-refractivity contribution in [3.63, 3.8) is 0 Å². The van der Waals surface area contributed by atoms with Crippen LogP contribution >= 0.6 is 11.8 Å². The lowest BCUT2D eigenvalue weighted by Crippen LogP contribution is -2.17. The van der Waals surface area contributed by atoms with Crippen molar-refractivity contribution < 1.29 is 9.63 Å². The molecule has 1 N–H and O–H groups in total. The summed E-state index contributed by atoms with van der Waals surface area (Å²) < 4.78 is 5.40. The van der Waals surface area contributed by atoms with Gasteiger partial charge >= 0.3 is 0 Å². The maximum Gasteiger partial charge on any atom is 0.229 e. The molecule has 0 saturated heterocycles. The standard InChI is InChI=1S/C16H20N2O2S/c1-11-4-2-3-5-14(11)21-10-15-17-16(20-18-15)12-6-8-13(19)9-7-12/h2-5,12-13,19H,6-10H2,1H3. The summed E-state index contributed by atoms with van der Waals surface area (Å²) in [7, 11) is 0. The Morgan fingerprint density at radius 3 is 2.76 bits per heavy atom. The summed E-state index contributed by atoms with van der Waals surface area (Å²) in [6, 6.07) is 8.31. The zero-order chi connectivity index (χ0) is 14.7. The number of hydrogen-bond donors (Lipinski definition) is 1. The van der Waals surface area contributed by atoms with Gasteiger partial charge in [-0.1, -0.05) is 23.4 Å². The first-order chi connectivity index (χ1) is 10.2. The van der Waals surface area contributed by atoms with Gasteiger partial charge in [0.1, 0.15) is 0 Å². The molecule has 1 aromatic carbocycles. The van der Waals surface area contributed by atoms with E-state index >= 15 is 0 Å². The van der Waals surface area contributed by atoms with Crippen molar-refractivity contribution in [1.82, 2.24) is 10.1 Å². The van der Waals surface area contributed by atoms with Crippen LogP contribution in [0.3, 0.4) is 0 Å². The molecule has 0 unspecified atom stereocenters. The van der Waals surface area contributed by atoms with Gasteiger partial charge in [-0.05, 0) is 44.2 Å². The molecule has 0 atom stereocenters. The molecule has 1 aliphatic rings. The van der Waals surface area contributed by atoms with E-state index in [1.54, 1.807) is 11.8 Å². The number of aliphatic hydroxyl groups is 1. The third-order valence-electron chi connectivity index (χ3n) is 3.98. The third-order valence-corrected chi connectivity index (χ3v) is 5.15. The highest BCUT2D eigenvalue weighted by Gasteiger charge is 2.25. The van der Waals surface area contributed by atoms with E-state index in [2.05, 4.69) is 29.2 Å². The molecule has 112 valence electrons. The maximum atomic E-state index is 9.55. The van der Waals surface area contributed by atoms with Crippen LogP contribution in [0.1, 0.15) is 48.9 Å². The summed E-state index contributed by atoms with van der Waals surface area (Å²) in [4.78, 5) is 5.78. The summed E-state index contributed by atoms with van der Waals surface area (Å²) in [6.45, 7) is 2.11. The van der Waals surface area contributed by atoms with Crippen LogP contribution in [0, 0.1) is 6.92 Å². The number of benzene rings is 1. The third kappa shape index (κ3) is 3.66. The second kappa shape index (κ2) is 6.62. The molecule has 1 aliphatic carbocycles. The van der Waals surface area contributed by atoms with Crippen LogP contribution < -0.4 is 0 Å². The summed E-state index contributed by atoms with van der Waals surface area (Å²) in [5.74, 6) is 2.54. The Morgan fingerprint density at radius 2 is 2.00 bits per heavy atom. The number of aliphatic hydroxyl groups excluding tert-OH is 1. The molecule has 0 radical (unpaired) electrons. The lowest BCUT2D eigenvalue weighted by molar-refractivity contribution is 0.116. The van der Waals surface area contributed by atoms with Gasteiger partial charge < -0.3 is 9.63 Å². The summed E-state index contributed by atoms with van der Waals surface area (Å²) in [5, 5.41) is 13.6. The van der Waals surface area contributed by atoms with Crippen LogP contribution in [-0.4, -0.2) is 21.4 Å². The van der Waals surface area contributed by atoms with E-state index in [1.807, 2.05) is 12.1 Å². The van der Waals surface area contributed by atoms with E-state index in [9.17, 15) is 5.11 Å². The number of aromatic nitrogens is 2. The molecule has 21 heavy (non-hydrogen) atoms. The normalized spacial score (nSPS) is 22.4. The molecule has 0 amide bonds. The molecule has 1 fully saturated rings. The van der Waals surface area contributed by atoms with Crippen LogP contribution in [0.15, 0.2) is 33.7 Å². The molecule has 0 bridgehead atoms. The summed E-state index contributed by atoms with van der Waals surface area (Å²) in [5.41, 5.74) is 1.27. The van der Waals surface area contributed by atoms with Crippen LogP contribution in [0.5, 0.6) is 0 Å². The molecular formula is C16H20N2O2S. The van der Waals surface area contributed by atoms with Gasteiger partial charge in [-0.3, -0.25) is 0 Å². The van der Waals surface area contributed by atoms with Crippen molar-refractivity contribution in [3.8, 4) is 0 Å². The Labute approximate surface area is 129 Å². The lowest BCUT2D eigenvalue weighted by Gasteiger charge is -2.22. The fourth-order valence-electron chi connectivity index (χ4n) is 2.68. The number of thioether (sulfide) groups is 1. The first-order valence-electron chi connectivity index (χ1n) is 7.41. The molecule has 0 aliphatic heterocycles. The fourth-order valence-corrected chi connectivity index (χ4v) is 3.55. The smallest absolute Gasteiger partial charge is 0.229 e. The van der Waals surface area contributed by atoms with Gasteiger partial charge in [0.25, 0.3) is 0 Å². The SMILES string of the molecule is Cc1ccccc1SCc1noc(C2CCC(O)CC2)n1. The number of nitrogens with zero attached hydrogens (tertiary/aromatic N) is 2. The first-order valence-corrected chi connectivity index (χ1v) is 8.40. The van der Waals surface area contributed by atoms with Crippen molar-refractivity contribution in [3.05, 3.63) is 41.5 Å². The Kier molecular flexibility index (Phi) is 4.60. The molecular weight excluding hydrogens is 284 g/mol. The highest BCUT2D eigenvalue weighted by atomic mass is 32.2. The van der Waals surface area contributed by atoms with E-state index in [0.29, 0.717) is 5.92 Å². The number of rotatable bonds is 4. The van der Waals surface area contributed by atoms with Gasteiger partial charge in [0.15, 0.2) is 5.82 Å². The monoisotopic (exact) mass is 304 g/mol. The number of hydrogen-bond acceptors (Lipinski definition) is 5. The summed E-state index contributed by atoms with van der Waals surface area (Å²) in [6.07, 6.45) is 3.39. The summed E-state index contributed by atoms with van der Waals surface area (Å²) >= 11 is 1.74. The second-order valence-electron chi connectivity index (χ2n) is 5.61. The molecule has 3 rings (SSSR count). The minimum absolute atomic E-state index is 0.153. The minimum Gasteiger partial charge on any atom is -0.393 e. The Bertz CT molecular complexity index is 591. The van der Waals surface area contributed by atoms with Crippen LogP contribution in [0.2, 0.25) is 0 Å². The number of aryl methyl sites for hydroxylation is 1. The fraction of sp³-hybridized carbons (Fsp3) is 0.500. The topological polar surface area (TPSA) is 59.2 Å². The molecule has 0 spiro atoms. The van der Waals surface area contributed by atoms with Crippen molar-refractivity contribution in [1.29, 1.82) is 0 Å².